The molecule has 0 aromatic carbocycles. The molecule has 76 valence electrons. The quantitative estimate of drug-likeness (QED) is 0.722. The largest absolute Gasteiger partial charge is 0.368 e. The second kappa shape index (κ2) is 3.49. The molecule has 1 fully saturated rings. The van der Waals surface area contributed by atoms with E-state index in [4.69, 9.17) is 10.5 Å². The van der Waals surface area contributed by atoms with Gasteiger partial charge in [-0.25, -0.2) is 4.98 Å². The van der Waals surface area contributed by atoms with Gasteiger partial charge < -0.3 is 10.5 Å². The molecule has 5 heteroatoms. The van der Waals surface area contributed by atoms with Crippen molar-refractivity contribution in [3.05, 3.63) is 11.6 Å². The van der Waals surface area contributed by atoms with Crippen molar-refractivity contribution in [2.24, 2.45) is 0 Å². The minimum atomic E-state index is -0.00556. The summed E-state index contributed by atoms with van der Waals surface area (Å²) in [5, 5.41) is 0. The summed E-state index contributed by atoms with van der Waals surface area (Å²) in [6, 6.07) is 0. The fourth-order valence-electron chi connectivity index (χ4n) is 1.66. The third-order valence-electron chi connectivity index (χ3n) is 2.30. The molecule has 1 aliphatic rings. The second-order valence-electron chi connectivity index (χ2n) is 3.61. The predicted molar refractivity (Wildman–Crippen MR) is 51.5 cm³/mol. The van der Waals surface area contributed by atoms with Gasteiger partial charge in [-0.15, -0.1) is 0 Å². The van der Waals surface area contributed by atoms with Crippen LogP contribution in [0.4, 0.5) is 5.95 Å². The van der Waals surface area contributed by atoms with Crippen LogP contribution < -0.4 is 5.73 Å². The minimum Gasteiger partial charge on any atom is -0.368 e. The van der Waals surface area contributed by atoms with Crippen molar-refractivity contribution in [2.75, 3.05) is 5.73 Å². The van der Waals surface area contributed by atoms with Gasteiger partial charge in [0.15, 0.2) is 5.82 Å². The number of hydrogen-bond donors (Lipinski definition) is 1. The summed E-state index contributed by atoms with van der Waals surface area (Å²) in [5.74, 6) is 1.59. The van der Waals surface area contributed by atoms with Gasteiger partial charge in [-0.3, -0.25) is 0 Å². The summed E-state index contributed by atoms with van der Waals surface area (Å²) >= 11 is 0. The molecule has 2 heterocycles. The Labute approximate surface area is 82.7 Å². The maximum absolute atomic E-state index is 5.65. The van der Waals surface area contributed by atoms with Crippen molar-refractivity contribution in [3.8, 4) is 0 Å². The van der Waals surface area contributed by atoms with Crippen LogP contribution in [0, 0.1) is 6.92 Å². The Morgan fingerprint density at radius 1 is 1.29 bits per heavy atom. The maximum atomic E-state index is 5.65. The molecular weight excluding hydrogens is 180 g/mol. The highest BCUT2D eigenvalue weighted by Crippen LogP contribution is 2.30. The van der Waals surface area contributed by atoms with Gasteiger partial charge in [-0.2, -0.15) is 9.97 Å². The van der Waals surface area contributed by atoms with Crippen molar-refractivity contribution in [1.82, 2.24) is 15.0 Å². The molecule has 0 amide bonds. The molecule has 14 heavy (non-hydrogen) atoms. The van der Waals surface area contributed by atoms with E-state index in [0.717, 1.165) is 12.8 Å². The average Bonchev–Trinajstić information content (AvgIpc) is 2.50. The number of rotatable bonds is 1. The maximum Gasteiger partial charge on any atom is 0.223 e. The highest BCUT2D eigenvalue weighted by molar-refractivity contribution is 5.16. The number of anilines is 1. The lowest BCUT2D eigenvalue weighted by molar-refractivity contribution is 0.0501. The van der Waals surface area contributed by atoms with Gasteiger partial charge in [-0.05, 0) is 26.7 Å². The van der Waals surface area contributed by atoms with Crippen LogP contribution in [0.1, 0.15) is 37.5 Å². The van der Waals surface area contributed by atoms with Gasteiger partial charge in [0.05, 0.1) is 6.10 Å². The number of nitrogens with two attached hydrogens (primary N) is 1. The van der Waals surface area contributed by atoms with E-state index in [1.54, 1.807) is 6.92 Å². The van der Waals surface area contributed by atoms with Crippen LogP contribution in [0.5, 0.6) is 0 Å². The molecule has 1 aliphatic heterocycles. The summed E-state index contributed by atoms with van der Waals surface area (Å²) in [6.07, 6.45) is 2.30. The van der Waals surface area contributed by atoms with Crippen molar-refractivity contribution in [2.45, 2.75) is 38.9 Å². The molecule has 0 bridgehead atoms. The third-order valence-corrected chi connectivity index (χ3v) is 2.30. The van der Waals surface area contributed by atoms with E-state index >= 15 is 0 Å². The summed E-state index contributed by atoms with van der Waals surface area (Å²) in [5.41, 5.74) is 5.54. The van der Waals surface area contributed by atoms with E-state index in [0.29, 0.717) is 17.8 Å². The first-order valence-corrected chi connectivity index (χ1v) is 4.78. The fourth-order valence-corrected chi connectivity index (χ4v) is 1.66. The van der Waals surface area contributed by atoms with E-state index in [-0.39, 0.29) is 12.1 Å². The number of aryl methyl sites for hydroxylation is 1. The standard InChI is InChI=1S/C9H14N4O/c1-5-3-4-7(14-5)8-11-6(2)12-9(10)13-8/h5,7H,3-4H2,1-2H3,(H2,10,11,12,13). The molecule has 0 aliphatic carbocycles. The first-order chi connectivity index (χ1) is 6.65. The zero-order chi connectivity index (χ0) is 10.1. The lowest BCUT2D eigenvalue weighted by atomic mass is 10.2. The average molecular weight is 194 g/mol. The minimum absolute atomic E-state index is 0.00556. The van der Waals surface area contributed by atoms with Crippen LogP contribution in [0.25, 0.3) is 0 Å². The second-order valence-corrected chi connectivity index (χ2v) is 3.61. The zero-order valence-corrected chi connectivity index (χ0v) is 8.40. The van der Waals surface area contributed by atoms with Crippen molar-refractivity contribution in [3.63, 3.8) is 0 Å². The molecule has 2 unspecified atom stereocenters. The molecule has 5 nitrogen and oxygen atoms in total. The van der Waals surface area contributed by atoms with Gasteiger partial charge in [0.1, 0.15) is 11.9 Å². The number of nitrogen functional groups attached to an aromatic ring is 1. The van der Waals surface area contributed by atoms with Crippen LogP contribution in [0.15, 0.2) is 0 Å². The first kappa shape index (κ1) is 9.33. The van der Waals surface area contributed by atoms with Gasteiger partial charge in [-0.1, -0.05) is 0 Å². The monoisotopic (exact) mass is 194 g/mol. The van der Waals surface area contributed by atoms with E-state index in [1.807, 2.05) is 0 Å². The highest BCUT2D eigenvalue weighted by Gasteiger charge is 2.26. The SMILES string of the molecule is Cc1nc(N)nc(C2CCC(C)O2)n1. The zero-order valence-electron chi connectivity index (χ0n) is 8.40. The fraction of sp³-hybridized carbons (Fsp3) is 0.667. The summed E-state index contributed by atoms with van der Waals surface area (Å²) in [4.78, 5) is 12.2. The van der Waals surface area contributed by atoms with Crippen LogP contribution in [0.2, 0.25) is 0 Å². The Hall–Kier alpha value is -1.23. The van der Waals surface area contributed by atoms with E-state index in [9.17, 15) is 0 Å². The Kier molecular flexibility index (Phi) is 2.33. The van der Waals surface area contributed by atoms with Crippen LogP contribution in [-0.2, 0) is 4.74 Å². The molecule has 1 aromatic rings. The molecule has 1 saturated heterocycles. The Balaban J connectivity index is 2.23. The molecule has 0 saturated carbocycles. The molecule has 0 spiro atoms. The van der Waals surface area contributed by atoms with Crippen molar-refractivity contribution >= 4 is 5.95 Å². The van der Waals surface area contributed by atoms with Gasteiger partial charge in [0.25, 0.3) is 0 Å². The van der Waals surface area contributed by atoms with Crippen LogP contribution in [0.3, 0.4) is 0 Å². The smallest absolute Gasteiger partial charge is 0.223 e. The molecule has 2 N–H and O–H groups in total. The molecule has 0 radical (unpaired) electrons. The predicted octanol–water partition coefficient (Wildman–Crippen LogP) is 1.00. The Morgan fingerprint density at radius 3 is 2.64 bits per heavy atom. The topological polar surface area (TPSA) is 73.9 Å². The lowest BCUT2D eigenvalue weighted by Gasteiger charge is -2.09. The number of nitrogens with zero attached hydrogens (tertiary/aromatic N) is 3. The molecule has 2 rings (SSSR count). The van der Waals surface area contributed by atoms with E-state index in [2.05, 4.69) is 21.9 Å². The number of aromatic nitrogens is 3. The van der Waals surface area contributed by atoms with Gasteiger partial charge in [0.2, 0.25) is 5.95 Å². The lowest BCUT2D eigenvalue weighted by Crippen LogP contribution is -2.10. The summed E-state index contributed by atoms with van der Waals surface area (Å²) in [7, 11) is 0. The van der Waals surface area contributed by atoms with Crippen LogP contribution in [-0.4, -0.2) is 21.1 Å². The van der Waals surface area contributed by atoms with E-state index in [1.165, 1.54) is 0 Å². The van der Waals surface area contributed by atoms with Crippen LogP contribution >= 0.6 is 0 Å². The molecular formula is C9H14N4O. The summed E-state index contributed by atoms with van der Waals surface area (Å²) in [6.45, 7) is 3.86. The highest BCUT2D eigenvalue weighted by atomic mass is 16.5. The Morgan fingerprint density at radius 2 is 2.07 bits per heavy atom. The van der Waals surface area contributed by atoms with Gasteiger partial charge in [0, 0.05) is 0 Å². The Bertz CT molecular complexity index is 321. The normalized spacial score (nSPS) is 26.7. The third kappa shape index (κ3) is 1.82. The van der Waals surface area contributed by atoms with Gasteiger partial charge >= 0.3 is 0 Å². The summed E-state index contributed by atoms with van der Waals surface area (Å²) < 4.78 is 5.65. The molecule has 1 aromatic heterocycles. The molecule has 2 atom stereocenters. The first-order valence-electron chi connectivity index (χ1n) is 4.78. The number of ether oxygens (including phenoxy) is 1. The van der Waals surface area contributed by atoms with Crippen molar-refractivity contribution < 1.29 is 4.74 Å². The number of hydrogen-bond acceptors (Lipinski definition) is 5. The van der Waals surface area contributed by atoms with E-state index < -0.39 is 0 Å². The van der Waals surface area contributed by atoms with Crippen molar-refractivity contribution in [1.29, 1.82) is 0 Å².